The van der Waals surface area contributed by atoms with E-state index in [-0.39, 0.29) is 13.2 Å². The van der Waals surface area contributed by atoms with Crippen LogP contribution in [0.1, 0.15) is 17.2 Å². The fourth-order valence-electron chi connectivity index (χ4n) is 1.50. The molecule has 2 unspecified atom stereocenters. The third-order valence-corrected chi connectivity index (χ3v) is 2.39. The second-order valence-electron chi connectivity index (χ2n) is 3.64. The lowest BCUT2D eigenvalue weighted by Gasteiger charge is -2.16. The first-order valence-electron chi connectivity index (χ1n) is 5.25. The standard InChI is InChI=1S/C11H15N3O3/c12-14-13-7-10(16)11(17)9-3-1-2-8(6-9)4-5-15/h1-3,6,10-11,15-17H,4-5,7H2. The van der Waals surface area contributed by atoms with Crippen molar-refractivity contribution >= 4 is 0 Å². The Morgan fingerprint density at radius 2 is 2.12 bits per heavy atom. The minimum atomic E-state index is -1.13. The molecule has 0 aliphatic carbocycles. The molecule has 0 saturated carbocycles. The number of azide groups is 1. The van der Waals surface area contributed by atoms with Crippen molar-refractivity contribution in [1.29, 1.82) is 0 Å². The van der Waals surface area contributed by atoms with E-state index in [1.807, 2.05) is 6.07 Å². The van der Waals surface area contributed by atoms with E-state index in [9.17, 15) is 10.2 Å². The molecular weight excluding hydrogens is 222 g/mol. The minimum Gasteiger partial charge on any atom is -0.396 e. The van der Waals surface area contributed by atoms with Gasteiger partial charge in [-0.25, -0.2) is 0 Å². The van der Waals surface area contributed by atoms with Gasteiger partial charge in [0, 0.05) is 11.5 Å². The molecule has 0 fully saturated rings. The Labute approximate surface area is 98.8 Å². The van der Waals surface area contributed by atoms with Crippen molar-refractivity contribution in [2.75, 3.05) is 13.2 Å². The van der Waals surface area contributed by atoms with Crippen LogP contribution in [0.2, 0.25) is 0 Å². The Hall–Kier alpha value is -1.59. The number of aliphatic hydroxyl groups is 3. The summed E-state index contributed by atoms with van der Waals surface area (Å²) in [5.41, 5.74) is 9.53. The van der Waals surface area contributed by atoms with Gasteiger partial charge in [-0.3, -0.25) is 0 Å². The Morgan fingerprint density at radius 3 is 2.76 bits per heavy atom. The highest BCUT2D eigenvalue weighted by Gasteiger charge is 2.17. The van der Waals surface area contributed by atoms with Gasteiger partial charge < -0.3 is 15.3 Å². The van der Waals surface area contributed by atoms with Crippen LogP contribution in [0.15, 0.2) is 29.4 Å². The lowest BCUT2D eigenvalue weighted by Crippen LogP contribution is -2.21. The first-order valence-corrected chi connectivity index (χ1v) is 5.25. The number of aliphatic hydroxyl groups excluding tert-OH is 3. The zero-order valence-corrected chi connectivity index (χ0v) is 9.27. The van der Waals surface area contributed by atoms with Crippen LogP contribution in [-0.4, -0.2) is 34.6 Å². The molecule has 0 heterocycles. The van der Waals surface area contributed by atoms with Crippen LogP contribution < -0.4 is 0 Å². The van der Waals surface area contributed by atoms with E-state index < -0.39 is 12.2 Å². The maximum Gasteiger partial charge on any atom is 0.105 e. The summed E-state index contributed by atoms with van der Waals surface area (Å²) in [5.74, 6) is 0. The van der Waals surface area contributed by atoms with Gasteiger partial charge in [0.05, 0.1) is 12.6 Å². The Bertz CT molecular complexity index is 405. The van der Waals surface area contributed by atoms with Crippen LogP contribution in [0.5, 0.6) is 0 Å². The molecule has 1 aromatic carbocycles. The molecule has 3 N–H and O–H groups in total. The molecule has 0 aromatic heterocycles. The van der Waals surface area contributed by atoms with Crippen LogP contribution in [0.3, 0.4) is 0 Å². The predicted octanol–water partition coefficient (Wildman–Crippen LogP) is 0.926. The van der Waals surface area contributed by atoms with Gasteiger partial charge in [0.15, 0.2) is 0 Å². The highest BCUT2D eigenvalue weighted by molar-refractivity contribution is 5.26. The molecule has 6 heteroatoms. The fourth-order valence-corrected chi connectivity index (χ4v) is 1.50. The van der Waals surface area contributed by atoms with E-state index in [1.54, 1.807) is 18.2 Å². The number of hydrogen-bond donors (Lipinski definition) is 3. The molecular formula is C11H15N3O3. The van der Waals surface area contributed by atoms with Crippen molar-refractivity contribution in [3.8, 4) is 0 Å². The largest absolute Gasteiger partial charge is 0.396 e. The van der Waals surface area contributed by atoms with E-state index in [1.165, 1.54) is 0 Å². The van der Waals surface area contributed by atoms with E-state index in [0.29, 0.717) is 12.0 Å². The smallest absolute Gasteiger partial charge is 0.105 e. The monoisotopic (exact) mass is 237 g/mol. The van der Waals surface area contributed by atoms with Gasteiger partial charge in [0.25, 0.3) is 0 Å². The molecule has 6 nitrogen and oxygen atoms in total. The van der Waals surface area contributed by atoms with Crippen molar-refractivity contribution in [3.05, 3.63) is 45.8 Å². The predicted molar refractivity (Wildman–Crippen MR) is 62.2 cm³/mol. The summed E-state index contributed by atoms with van der Waals surface area (Å²) >= 11 is 0. The molecule has 92 valence electrons. The highest BCUT2D eigenvalue weighted by Crippen LogP contribution is 2.18. The summed E-state index contributed by atoms with van der Waals surface area (Å²) in [6.07, 6.45) is -1.73. The zero-order valence-electron chi connectivity index (χ0n) is 9.27. The average molecular weight is 237 g/mol. The minimum absolute atomic E-state index is 0.0286. The number of rotatable bonds is 6. The Kier molecular flexibility index (Phi) is 5.45. The van der Waals surface area contributed by atoms with Crippen LogP contribution in [0.4, 0.5) is 0 Å². The summed E-state index contributed by atoms with van der Waals surface area (Å²) in [5, 5.41) is 31.4. The normalized spacial score (nSPS) is 13.8. The lowest BCUT2D eigenvalue weighted by molar-refractivity contribution is 0.0243. The molecule has 0 aliphatic rings. The van der Waals surface area contributed by atoms with Gasteiger partial charge in [-0.15, -0.1) is 0 Å². The Morgan fingerprint density at radius 1 is 1.35 bits per heavy atom. The molecule has 0 amide bonds. The van der Waals surface area contributed by atoms with E-state index in [2.05, 4.69) is 10.0 Å². The summed E-state index contributed by atoms with van der Waals surface area (Å²) in [7, 11) is 0. The maximum absolute atomic E-state index is 9.81. The molecule has 17 heavy (non-hydrogen) atoms. The quantitative estimate of drug-likeness (QED) is 0.389. The molecule has 0 saturated heterocycles. The second-order valence-corrected chi connectivity index (χ2v) is 3.64. The van der Waals surface area contributed by atoms with Crippen molar-refractivity contribution < 1.29 is 15.3 Å². The summed E-state index contributed by atoms with van der Waals surface area (Å²) in [6.45, 7) is -0.150. The van der Waals surface area contributed by atoms with Crippen LogP contribution in [0, 0.1) is 0 Å². The third-order valence-electron chi connectivity index (χ3n) is 2.39. The second kappa shape index (κ2) is 6.88. The molecule has 2 atom stereocenters. The molecule has 1 rings (SSSR count). The number of benzene rings is 1. The van der Waals surface area contributed by atoms with Crippen molar-refractivity contribution in [2.45, 2.75) is 18.6 Å². The molecule has 0 bridgehead atoms. The van der Waals surface area contributed by atoms with Gasteiger partial charge in [-0.05, 0) is 23.1 Å². The van der Waals surface area contributed by atoms with Gasteiger partial charge in [0.1, 0.15) is 6.10 Å². The van der Waals surface area contributed by atoms with E-state index in [4.69, 9.17) is 10.6 Å². The number of nitrogens with zero attached hydrogens (tertiary/aromatic N) is 3. The van der Waals surface area contributed by atoms with Crippen molar-refractivity contribution in [1.82, 2.24) is 0 Å². The highest BCUT2D eigenvalue weighted by atomic mass is 16.3. The molecule has 0 aliphatic heterocycles. The molecule has 0 radical (unpaired) electrons. The molecule has 0 spiro atoms. The topological polar surface area (TPSA) is 109 Å². The lowest BCUT2D eigenvalue weighted by atomic mass is 10.0. The first-order chi connectivity index (χ1) is 8.19. The van der Waals surface area contributed by atoms with Gasteiger partial charge in [-0.2, -0.15) is 0 Å². The van der Waals surface area contributed by atoms with Gasteiger partial charge >= 0.3 is 0 Å². The average Bonchev–Trinajstić information content (AvgIpc) is 2.35. The molecule has 1 aromatic rings. The summed E-state index contributed by atoms with van der Waals surface area (Å²) < 4.78 is 0. The summed E-state index contributed by atoms with van der Waals surface area (Å²) in [4.78, 5) is 2.52. The number of hydrogen-bond acceptors (Lipinski definition) is 4. The van der Waals surface area contributed by atoms with E-state index >= 15 is 0 Å². The third kappa shape index (κ3) is 4.05. The van der Waals surface area contributed by atoms with Crippen LogP contribution in [-0.2, 0) is 6.42 Å². The first kappa shape index (κ1) is 13.5. The SMILES string of the molecule is [N-]=[N+]=NCC(O)C(O)c1cccc(CCO)c1. The summed E-state index contributed by atoms with van der Waals surface area (Å²) in [6, 6.07) is 6.95. The van der Waals surface area contributed by atoms with Gasteiger partial charge in [-0.1, -0.05) is 29.4 Å². The fraction of sp³-hybridized carbons (Fsp3) is 0.455. The van der Waals surface area contributed by atoms with E-state index in [0.717, 1.165) is 5.56 Å². The van der Waals surface area contributed by atoms with Crippen molar-refractivity contribution in [2.24, 2.45) is 5.11 Å². The van der Waals surface area contributed by atoms with Crippen LogP contribution >= 0.6 is 0 Å². The Balaban J connectivity index is 2.76. The van der Waals surface area contributed by atoms with Crippen LogP contribution in [0.25, 0.3) is 10.4 Å². The zero-order chi connectivity index (χ0) is 12.7. The van der Waals surface area contributed by atoms with Crippen molar-refractivity contribution in [3.63, 3.8) is 0 Å². The maximum atomic E-state index is 9.81. The van der Waals surface area contributed by atoms with Gasteiger partial charge in [0.2, 0.25) is 0 Å².